The molecule has 2 aromatic rings. The molecule has 0 spiro atoms. The van der Waals surface area contributed by atoms with Gasteiger partial charge in [0.05, 0.1) is 11.7 Å². The summed E-state index contributed by atoms with van der Waals surface area (Å²) in [5, 5.41) is 10.4. The van der Waals surface area contributed by atoms with Crippen molar-refractivity contribution >= 4 is 11.9 Å². The lowest BCUT2D eigenvalue weighted by Gasteiger charge is -2.26. The van der Waals surface area contributed by atoms with Crippen molar-refractivity contribution in [2.24, 2.45) is 5.92 Å². The van der Waals surface area contributed by atoms with Gasteiger partial charge in [0.15, 0.2) is 12.6 Å². The summed E-state index contributed by atoms with van der Waals surface area (Å²) in [7, 11) is 1.47. The second-order valence-electron chi connectivity index (χ2n) is 10.7. The fourth-order valence-corrected chi connectivity index (χ4v) is 4.94. The molecule has 9 heteroatoms. The molecule has 1 N–H and O–H groups in total. The van der Waals surface area contributed by atoms with Gasteiger partial charge < -0.3 is 33.5 Å². The van der Waals surface area contributed by atoms with Gasteiger partial charge in [-0.1, -0.05) is 31.2 Å². The number of ether oxygens (including phenoxy) is 6. The van der Waals surface area contributed by atoms with Gasteiger partial charge in [-0.15, -0.1) is 0 Å². The van der Waals surface area contributed by atoms with E-state index in [4.69, 9.17) is 28.4 Å². The van der Waals surface area contributed by atoms with Crippen molar-refractivity contribution < 1.29 is 43.1 Å². The number of carbonyl (C=O) groups is 2. The van der Waals surface area contributed by atoms with E-state index in [0.29, 0.717) is 30.4 Å². The highest BCUT2D eigenvalue weighted by Gasteiger charge is 2.45. The van der Waals surface area contributed by atoms with Gasteiger partial charge in [-0.3, -0.25) is 0 Å². The maximum absolute atomic E-state index is 13.4. The van der Waals surface area contributed by atoms with Crippen molar-refractivity contribution in [2.45, 2.75) is 77.2 Å². The Morgan fingerprint density at radius 1 is 1.10 bits per heavy atom. The van der Waals surface area contributed by atoms with E-state index in [0.717, 1.165) is 0 Å². The van der Waals surface area contributed by atoms with Crippen LogP contribution in [-0.2, 0) is 30.1 Å². The Morgan fingerprint density at radius 2 is 1.85 bits per heavy atom. The minimum atomic E-state index is -0.885. The van der Waals surface area contributed by atoms with Crippen LogP contribution < -0.4 is 4.74 Å². The van der Waals surface area contributed by atoms with Gasteiger partial charge in [0.2, 0.25) is 0 Å². The third-order valence-corrected chi connectivity index (χ3v) is 7.08. The number of esters is 2. The van der Waals surface area contributed by atoms with E-state index < -0.39 is 36.0 Å². The zero-order valence-electron chi connectivity index (χ0n) is 23.6. The van der Waals surface area contributed by atoms with Crippen molar-refractivity contribution in [1.29, 1.82) is 0 Å². The molecule has 2 aliphatic rings. The molecule has 0 aromatic heterocycles. The Balaban J connectivity index is 1.68. The topological polar surface area (TPSA) is 110 Å². The number of hydrogen-bond acceptors (Lipinski definition) is 9. The van der Waals surface area contributed by atoms with Gasteiger partial charge in [0.1, 0.15) is 35.4 Å². The lowest BCUT2D eigenvalue weighted by Crippen LogP contribution is -2.38. The first-order valence-corrected chi connectivity index (χ1v) is 13.6. The summed E-state index contributed by atoms with van der Waals surface area (Å²) in [5.74, 6) is -1.99. The van der Waals surface area contributed by atoms with Crippen molar-refractivity contribution in [1.82, 2.24) is 0 Å². The minimum Gasteiger partial charge on any atom is -0.508 e. The van der Waals surface area contributed by atoms with E-state index in [1.165, 1.54) is 13.2 Å². The Morgan fingerprint density at radius 3 is 2.58 bits per heavy atom. The van der Waals surface area contributed by atoms with Gasteiger partial charge in [-0.2, -0.15) is 0 Å². The van der Waals surface area contributed by atoms with Crippen LogP contribution in [0.5, 0.6) is 11.5 Å². The molecule has 0 saturated carbocycles. The fraction of sp³-hybridized carbons (Fsp3) is 0.484. The van der Waals surface area contributed by atoms with E-state index in [1.807, 2.05) is 32.9 Å². The number of phenolic OH excluding ortho intramolecular Hbond substituents is 1. The van der Waals surface area contributed by atoms with Gasteiger partial charge in [0, 0.05) is 19.1 Å². The lowest BCUT2D eigenvalue weighted by molar-refractivity contribution is -0.153. The van der Waals surface area contributed by atoms with Crippen LogP contribution in [0.15, 0.2) is 54.6 Å². The summed E-state index contributed by atoms with van der Waals surface area (Å²) < 4.78 is 35.0. The molecule has 2 aromatic carbocycles. The maximum atomic E-state index is 13.4. The van der Waals surface area contributed by atoms with Crippen LogP contribution in [0.3, 0.4) is 0 Å². The van der Waals surface area contributed by atoms with Crippen LogP contribution in [0.4, 0.5) is 0 Å². The number of benzene rings is 2. The van der Waals surface area contributed by atoms with Crippen LogP contribution in [0.25, 0.3) is 0 Å². The summed E-state index contributed by atoms with van der Waals surface area (Å²) in [5.41, 5.74) is 1.28. The summed E-state index contributed by atoms with van der Waals surface area (Å²) in [6.45, 7) is 7.27. The Hall–Kier alpha value is -3.40. The molecule has 2 heterocycles. The predicted octanol–water partition coefficient (Wildman–Crippen LogP) is 5.19. The predicted molar refractivity (Wildman–Crippen MR) is 146 cm³/mol. The normalized spacial score (nSPS) is 27.4. The smallest absolute Gasteiger partial charge is 0.342 e. The Bertz CT molecular complexity index is 1210. The number of cyclic esters (lactones) is 1. The fourth-order valence-electron chi connectivity index (χ4n) is 4.94. The summed E-state index contributed by atoms with van der Waals surface area (Å²) >= 11 is 0. The van der Waals surface area contributed by atoms with Crippen LogP contribution in [0.2, 0.25) is 0 Å². The van der Waals surface area contributed by atoms with E-state index in [1.54, 1.807) is 43.3 Å². The average molecular weight is 555 g/mol. The molecule has 1 fully saturated rings. The van der Waals surface area contributed by atoms with Gasteiger partial charge >= 0.3 is 11.9 Å². The molecular weight excluding hydrogens is 516 g/mol. The van der Waals surface area contributed by atoms with Crippen molar-refractivity contribution in [3.8, 4) is 11.5 Å². The number of phenols is 1. The van der Waals surface area contributed by atoms with E-state index >= 15 is 0 Å². The van der Waals surface area contributed by atoms with Gasteiger partial charge in [-0.05, 0) is 69.9 Å². The van der Waals surface area contributed by atoms with Crippen LogP contribution in [0.1, 0.15) is 66.8 Å². The first kappa shape index (κ1) is 29.6. The number of fused-ring (bicyclic) bond motifs is 2. The van der Waals surface area contributed by atoms with E-state index in [9.17, 15) is 14.7 Å². The van der Waals surface area contributed by atoms with Crippen LogP contribution >= 0.6 is 0 Å². The molecule has 9 nitrogen and oxygen atoms in total. The third-order valence-electron chi connectivity index (χ3n) is 7.08. The average Bonchev–Trinajstić information content (AvgIpc) is 3.22. The van der Waals surface area contributed by atoms with Crippen LogP contribution in [0, 0.1) is 5.92 Å². The van der Waals surface area contributed by atoms with Crippen LogP contribution in [-0.4, -0.2) is 61.2 Å². The number of aromatic hydroxyl groups is 1. The maximum Gasteiger partial charge on any atom is 0.342 e. The second-order valence-corrected chi connectivity index (χ2v) is 10.7. The molecule has 4 rings (SSSR count). The van der Waals surface area contributed by atoms with Gasteiger partial charge in [-0.25, -0.2) is 9.59 Å². The second kappa shape index (κ2) is 12.8. The molecule has 0 amide bonds. The molecule has 1 saturated heterocycles. The highest BCUT2D eigenvalue weighted by molar-refractivity contribution is 5.94. The molecule has 216 valence electrons. The molecule has 0 bridgehead atoms. The molecule has 2 aliphatic heterocycles. The molecular formula is C31H38O9. The largest absolute Gasteiger partial charge is 0.508 e. The van der Waals surface area contributed by atoms with E-state index in [-0.39, 0.29) is 35.9 Å². The summed E-state index contributed by atoms with van der Waals surface area (Å²) in [6.07, 6.45) is 3.01. The molecule has 0 radical (unpaired) electrons. The third kappa shape index (κ3) is 7.21. The van der Waals surface area contributed by atoms with E-state index in [2.05, 4.69) is 0 Å². The Kier molecular flexibility index (Phi) is 9.50. The van der Waals surface area contributed by atoms with Crippen molar-refractivity contribution in [3.63, 3.8) is 0 Å². The Labute approximate surface area is 235 Å². The molecule has 5 atom stereocenters. The summed E-state index contributed by atoms with van der Waals surface area (Å²) in [4.78, 5) is 26.4. The highest BCUT2D eigenvalue weighted by atomic mass is 16.8. The number of hydrogen-bond donors (Lipinski definition) is 1. The molecule has 0 aliphatic carbocycles. The number of carbonyl (C=O) groups excluding carboxylic acids is 2. The zero-order valence-corrected chi connectivity index (χ0v) is 23.6. The zero-order chi connectivity index (χ0) is 28.9. The first-order chi connectivity index (χ1) is 19.1. The number of methoxy groups -OCH3 is 1. The van der Waals surface area contributed by atoms with Gasteiger partial charge in [0.25, 0.3) is 0 Å². The molecule has 40 heavy (non-hydrogen) atoms. The minimum absolute atomic E-state index is 0.0320. The highest BCUT2D eigenvalue weighted by Crippen LogP contribution is 2.36. The quantitative estimate of drug-likeness (QED) is 0.303. The summed E-state index contributed by atoms with van der Waals surface area (Å²) in [6, 6.07) is 11.7. The monoisotopic (exact) mass is 554 g/mol. The van der Waals surface area contributed by atoms with Crippen molar-refractivity contribution in [2.75, 3.05) is 13.9 Å². The lowest BCUT2D eigenvalue weighted by atomic mass is 9.95. The number of rotatable bonds is 5. The number of aryl methyl sites for hydroxylation is 1. The SMILES string of the molecule is COCOc1cc(O)cc2c1C(=O)O[C@@H](C)[C@H](C)/C=C\C(OC(=O)c1ccccc1)[C@H]1OC(C)(C)O[C@H]1CCC2. The molecule has 1 unspecified atom stereocenters. The van der Waals surface area contributed by atoms with Crippen molar-refractivity contribution in [3.05, 3.63) is 71.3 Å². The first-order valence-electron chi connectivity index (χ1n) is 13.6. The standard InChI is InChI=1S/C31H38O9/c1-19-14-15-24(38-29(33)21-10-7-6-8-11-21)28-25(39-31(3,4)40-28)13-9-12-22-16-23(32)17-26(36-18-35-5)27(22)30(34)37-20(19)2/h6-8,10-11,14-17,19-20,24-25,28,32H,9,12-13,18H2,1-5H3/b15-14-/t19-,20+,24?,25+,28-/m1/s1.